The van der Waals surface area contributed by atoms with Gasteiger partial charge >= 0.3 is 6.09 Å². The zero-order valence-corrected chi connectivity index (χ0v) is 19.0. The van der Waals surface area contributed by atoms with Gasteiger partial charge in [-0.25, -0.2) is 4.79 Å². The molecule has 2 saturated heterocycles. The van der Waals surface area contributed by atoms with E-state index in [4.69, 9.17) is 9.47 Å². The predicted molar refractivity (Wildman–Crippen MR) is 115 cm³/mol. The van der Waals surface area contributed by atoms with Crippen LogP contribution in [0.1, 0.15) is 40.2 Å². The summed E-state index contributed by atoms with van der Waals surface area (Å²) in [6, 6.07) is 9.78. The lowest BCUT2D eigenvalue weighted by Crippen LogP contribution is -2.81. The maximum atomic E-state index is 13.3. The van der Waals surface area contributed by atoms with Crippen molar-refractivity contribution in [2.75, 3.05) is 26.2 Å². The molecule has 1 unspecified atom stereocenters. The van der Waals surface area contributed by atoms with E-state index in [1.165, 1.54) is 4.90 Å². The number of benzene rings is 1. The maximum absolute atomic E-state index is 13.3. The monoisotopic (exact) mass is 431 g/mol. The van der Waals surface area contributed by atoms with E-state index in [1.54, 1.807) is 25.7 Å². The van der Waals surface area contributed by atoms with Crippen molar-refractivity contribution in [2.24, 2.45) is 5.92 Å². The zero-order chi connectivity index (χ0) is 22.8. The van der Waals surface area contributed by atoms with Crippen molar-refractivity contribution in [3.05, 3.63) is 35.9 Å². The number of piperazine rings is 1. The second kappa shape index (κ2) is 8.86. The highest BCUT2D eigenvalue weighted by Gasteiger charge is 2.57. The van der Waals surface area contributed by atoms with E-state index < -0.39 is 23.2 Å². The SMILES string of the molecule is C[C@H](C(=O)N1CCN(C(=O)OC(C)(C)C)CC12CNC2=O)[C@@H](C)OCc1ccccc1. The number of hydrogen-bond donors (Lipinski definition) is 1. The predicted octanol–water partition coefficient (Wildman–Crippen LogP) is 2.18. The van der Waals surface area contributed by atoms with Gasteiger partial charge in [0, 0.05) is 13.1 Å². The van der Waals surface area contributed by atoms with E-state index in [2.05, 4.69) is 5.32 Å². The van der Waals surface area contributed by atoms with Crippen molar-refractivity contribution in [3.8, 4) is 0 Å². The average Bonchev–Trinajstić information content (AvgIpc) is 2.74. The van der Waals surface area contributed by atoms with Crippen molar-refractivity contribution in [2.45, 2.75) is 58.5 Å². The third-order valence-corrected chi connectivity index (χ3v) is 5.89. The first-order chi connectivity index (χ1) is 14.5. The Kier molecular flexibility index (Phi) is 6.59. The molecule has 1 spiro atoms. The summed E-state index contributed by atoms with van der Waals surface area (Å²) in [4.78, 5) is 41.6. The summed E-state index contributed by atoms with van der Waals surface area (Å²) < 4.78 is 11.4. The Bertz CT molecular complexity index is 822. The molecule has 0 aromatic heterocycles. The molecule has 2 aliphatic rings. The van der Waals surface area contributed by atoms with Crippen LogP contribution in [-0.2, 0) is 25.7 Å². The van der Waals surface area contributed by atoms with Gasteiger partial charge in [-0.15, -0.1) is 0 Å². The summed E-state index contributed by atoms with van der Waals surface area (Å²) >= 11 is 0. The lowest BCUT2D eigenvalue weighted by atomic mass is 9.84. The topological polar surface area (TPSA) is 88.2 Å². The fraction of sp³-hybridized carbons (Fsp3) is 0.609. The second-order valence-electron chi connectivity index (χ2n) is 9.40. The summed E-state index contributed by atoms with van der Waals surface area (Å²) in [6.07, 6.45) is -0.789. The Morgan fingerprint density at radius 3 is 2.39 bits per heavy atom. The number of hydrogen-bond acceptors (Lipinski definition) is 5. The molecule has 0 bridgehead atoms. The van der Waals surface area contributed by atoms with Gasteiger partial charge < -0.3 is 24.6 Å². The van der Waals surface area contributed by atoms with Gasteiger partial charge in [-0.1, -0.05) is 37.3 Å². The fourth-order valence-electron chi connectivity index (χ4n) is 3.82. The molecule has 31 heavy (non-hydrogen) atoms. The summed E-state index contributed by atoms with van der Waals surface area (Å²) in [5, 5.41) is 2.73. The van der Waals surface area contributed by atoms with E-state index in [-0.39, 0.29) is 31.0 Å². The first kappa shape index (κ1) is 23.1. The minimum Gasteiger partial charge on any atom is -0.444 e. The van der Waals surface area contributed by atoms with Crippen LogP contribution in [0.15, 0.2) is 30.3 Å². The van der Waals surface area contributed by atoms with Crippen LogP contribution in [0, 0.1) is 5.92 Å². The molecule has 0 aliphatic carbocycles. The van der Waals surface area contributed by atoms with Crippen LogP contribution >= 0.6 is 0 Å². The van der Waals surface area contributed by atoms with Gasteiger partial charge in [0.1, 0.15) is 5.60 Å². The highest BCUT2D eigenvalue weighted by Crippen LogP contribution is 2.30. The minimum atomic E-state index is -1.04. The summed E-state index contributed by atoms with van der Waals surface area (Å²) in [5.74, 6) is -0.805. The normalized spacial score (nSPS) is 23.1. The molecule has 3 rings (SSSR count). The highest BCUT2D eigenvalue weighted by atomic mass is 16.6. The molecule has 0 radical (unpaired) electrons. The molecule has 8 nitrogen and oxygen atoms in total. The Morgan fingerprint density at radius 1 is 1.16 bits per heavy atom. The summed E-state index contributed by atoms with van der Waals surface area (Å²) in [6.45, 7) is 10.6. The molecule has 1 aromatic rings. The van der Waals surface area contributed by atoms with Gasteiger partial charge in [0.25, 0.3) is 0 Å². The van der Waals surface area contributed by atoms with Gasteiger partial charge in [0.15, 0.2) is 5.54 Å². The summed E-state index contributed by atoms with van der Waals surface area (Å²) in [5.41, 5.74) is -0.631. The molecule has 170 valence electrons. The first-order valence-corrected chi connectivity index (χ1v) is 10.8. The number of β-lactam (4-membered cyclic amide) rings is 1. The molecule has 3 atom stereocenters. The van der Waals surface area contributed by atoms with E-state index >= 15 is 0 Å². The number of amides is 3. The van der Waals surface area contributed by atoms with Crippen LogP contribution in [0.5, 0.6) is 0 Å². The Labute approximate surface area is 183 Å². The number of carbonyl (C=O) groups is 3. The molecule has 2 aliphatic heterocycles. The average molecular weight is 432 g/mol. The van der Waals surface area contributed by atoms with Crippen molar-refractivity contribution in [1.82, 2.24) is 15.1 Å². The van der Waals surface area contributed by atoms with Crippen LogP contribution in [0.3, 0.4) is 0 Å². The standard InChI is InChI=1S/C23H33N3O5/c1-16(17(2)30-13-18-9-7-6-8-10-18)19(27)26-12-11-25(21(29)31-22(3,4)5)15-23(26)14-24-20(23)28/h6-10,16-17H,11-15H2,1-5H3,(H,24,28)/t16-,17+,23?/m0/s1. The van der Waals surface area contributed by atoms with Gasteiger partial charge in [-0.3, -0.25) is 9.59 Å². The van der Waals surface area contributed by atoms with Crippen LogP contribution in [0.25, 0.3) is 0 Å². The smallest absolute Gasteiger partial charge is 0.410 e. The molecule has 2 fully saturated rings. The molecular weight excluding hydrogens is 398 g/mol. The number of ether oxygens (including phenoxy) is 2. The Balaban J connectivity index is 1.66. The van der Waals surface area contributed by atoms with Crippen molar-refractivity contribution >= 4 is 17.9 Å². The molecule has 1 N–H and O–H groups in total. The first-order valence-electron chi connectivity index (χ1n) is 10.8. The lowest BCUT2D eigenvalue weighted by molar-refractivity contribution is -0.166. The zero-order valence-electron chi connectivity index (χ0n) is 19.0. The fourth-order valence-corrected chi connectivity index (χ4v) is 3.82. The van der Waals surface area contributed by atoms with E-state index in [0.717, 1.165) is 5.56 Å². The Hall–Kier alpha value is -2.61. The van der Waals surface area contributed by atoms with Gasteiger partial charge in [-0.05, 0) is 33.3 Å². The number of nitrogens with one attached hydrogen (secondary N) is 1. The van der Waals surface area contributed by atoms with Crippen molar-refractivity contribution in [3.63, 3.8) is 0 Å². The molecule has 1 aromatic carbocycles. The molecular formula is C23H33N3O5. The number of carbonyl (C=O) groups excluding carboxylic acids is 3. The van der Waals surface area contributed by atoms with Gasteiger partial charge in [0.2, 0.25) is 11.8 Å². The lowest BCUT2D eigenvalue weighted by Gasteiger charge is -2.54. The third kappa shape index (κ3) is 5.01. The molecule has 0 saturated carbocycles. The van der Waals surface area contributed by atoms with Crippen LogP contribution < -0.4 is 5.32 Å². The Morgan fingerprint density at radius 2 is 1.84 bits per heavy atom. The van der Waals surface area contributed by atoms with Crippen LogP contribution in [-0.4, -0.2) is 71.1 Å². The van der Waals surface area contributed by atoms with E-state index in [0.29, 0.717) is 19.7 Å². The van der Waals surface area contributed by atoms with Crippen LogP contribution in [0.4, 0.5) is 4.79 Å². The third-order valence-electron chi connectivity index (χ3n) is 5.89. The van der Waals surface area contributed by atoms with Crippen molar-refractivity contribution < 1.29 is 23.9 Å². The number of nitrogens with zero attached hydrogens (tertiary/aromatic N) is 2. The largest absolute Gasteiger partial charge is 0.444 e. The van der Waals surface area contributed by atoms with Crippen molar-refractivity contribution in [1.29, 1.82) is 0 Å². The van der Waals surface area contributed by atoms with Gasteiger partial charge in [0.05, 0.1) is 31.7 Å². The summed E-state index contributed by atoms with van der Waals surface area (Å²) in [7, 11) is 0. The molecule has 8 heteroatoms. The number of rotatable bonds is 5. The highest BCUT2D eigenvalue weighted by molar-refractivity contribution is 5.98. The van der Waals surface area contributed by atoms with E-state index in [9.17, 15) is 14.4 Å². The quantitative estimate of drug-likeness (QED) is 0.722. The minimum absolute atomic E-state index is 0.130. The van der Waals surface area contributed by atoms with E-state index in [1.807, 2.05) is 44.2 Å². The van der Waals surface area contributed by atoms with Gasteiger partial charge in [-0.2, -0.15) is 0 Å². The second-order valence-corrected chi connectivity index (χ2v) is 9.40. The molecule has 2 heterocycles. The maximum Gasteiger partial charge on any atom is 0.410 e. The van der Waals surface area contributed by atoms with Crippen LogP contribution in [0.2, 0.25) is 0 Å². The molecule has 3 amide bonds.